The Morgan fingerprint density at radius 2 is 1.82 bits per heavy atom. The predicted molar refractivity (Wildman–Crippen MR) is 124 cm³/mol. The van der Waals surface area contributed by atoms with Gasteiger partial charge in [0.15, 0.2) is 0 Å². The highest BCUT2D eigenvalue weighted by atomic mass is 16.2. The van der Waals surface area contributed by atoms with Gasteiger partial charge in [0, 0.05) is 25.0 Å². The van der Waals surface area contributed by atoms with E-state index in [-0.39, 0.29) is 54.7 Å². The van der Waals surface area contributed by atoms with E-state index in [4.69, 9.17) is 0 Å². The van der Waals surface area contributed by atoms with Gasteiger partial charge in [0.2, 0.25) is 17.6 Å². The average Bonchev–Trinajstić information content (AvgIpc) is 3.09. The summed E-state index contributed by atoms with van der Waals surface area (Å²) in [5, 5.41) is 10.4. The molecular formula is C23H30N6O4. The summed E-state index contributed by atoms with van der Waals surface area (Å²) >= 11 is 0. The van der Waals surface area contributed by atoms with Crippen LogP contribution >= 0.6 is 0 Å². The maximum atomic E-state index is 13.2. The number of nitrogens with one attached hydrogen (secondary N) is 2. The molecule has 0 radical (unpaired) electrons. The minimum absolute atomic E-state index is 0.0769. The monoisotopic (exact) mass is 454 g/mol. The van der Waals surface area contributed by atoms with Gasteiger partial charge in [-0.15, -0.1) is 5.10 Å². The van der Waals surface area contributed by atoms with E-state index < -0.39 is 5.69 Å². The van der Waals surface area contributed by atoms with Gasteiger partial charge in [0.25, 0.3) is 5.56 Å². The minimum atomic E-state index is -0.513. The van der Waals surface area contributed by atoms with Crippen LogP contribution in [0.25, 0.3) is 16.7 Å². The van der Waals surface area contributed by atoms with Crippen LogP contribution in [-0.4, -0.2) is 42.6 Å². The van der Waals surface area contributed by atoms with Gasteiger partial charge in [-0.05, 0) is 38.8 Å². The summed E-state index contributed by atoms with van der Waals surface area (Å²) in [5.74, 6) is -0.356. The van der Waals surface area contributed by atoms with Crippen molar-refractivity contribution in [3.63, 3.8) is 0 Å². The minimum Gasteiger partial charge on any atom is -0.353 e. The number of hydrogen-bond donors (Lipinski definition) is 2. The molecule has 0 saturated heterocycles. The second-order valence-electron chi connectivity index (χ2n) is 8.92. The van der Waals surface area contributed by atoms with Crippen molar-refractivity contribution in [2.24, 2.45) is 0 Å². The van der Waals surface area contributed by atoms with Gasteiger partial charge in [0.1, 0.15) is 6.54 Å². The van der Waals surface area contributed by atoms with Crippen LogP contribution in [0.1, 0.15) is 52.4 Å². The van der Waals surface area contributed by atoms with E-state index in [1.807, 2.05) is 13.8 Å². The summed E-state index contributed by atoms with van der Waals surface area (Å²) in [6.45, 7) is 3.48. The third-order valence-corrected chi connectivity index (χ3v) is 5.96. The lowest BCUT2D eigenvalue weighted by molar-refractivity contribution is -0.123. The Kier molecular flexibility index (Phi) is 6.62. The first-order valence-electron chi connectivity index (χ1n) is 11.5. The van der Waals surface area contributed by atoms with Crippen LogP contribution < -0.4 is 21.9 Å². The fraction of sp³-hybridized carbons (Fsp3) is 0.522. The third kappa shape index (κ3) is 4.84. The zero-order valence-corrected chi connectivity index (χ0v) is 19.0. The molecule has 0 unspecified atom stereocenters. The largest absolute Gasteiger partial charge is 0.353 e. The first-order valence-corrected chi connectivity index (χ1v) is 11.5. The van der Waals surface area contributed by atoms with Crippen LogP contribution in [0, 0.1) is 0 Å². The topological polar surface area (TPSA) is 120 Å². The van der Waals surface area contributed by atoms with Crippen LogP contribution in [0.2, 0.25) is 0 Å². The van der Waals surface area contributed by atoms with E-state index in [1.54, 1.807) is 24.3 Å². The smallest absolute Gasteiger partial charge is 0.352 e. The van der Waals surface area contributed by atoms with Gasteiger partial charge in [-0.3, -0.25) is 19.0 Å². The van der Waals surface area contributed by atoms with Crippen molar-refractivity contribution in [3.05, 3.63) is 45.1 Å². The molecule has 0 atom stereocenters. The van der Waals surface area contributed by atoms with Crippen molar-refractivity contribution in [2.45, 2.75) is 77.5 Å². The molecule has 10 heteroatoms. The number of nitrogens with zero attached hydrogens (tertiary/aromatic N) is 4. The molecule has 1 aromatic carbocycles. The fourth-order valence-corrected chi connectivity index (χ4v) is 4.44. The van der Waals surface area contributed by atoms with Crippen molar-refractivity contribution in [2.75, 3.05) is 0 Å². The molecule has 33 heavy (non-hydrogen) atoms. The molecule has 1 aliphatic rings. The second-order valence-corrected chi connectivity index (χ2v) is 8.92. The van der Waals surface area contributed by atoms with Crippen molar-refractivity contribution in [3.8, 4) is 0 Å². The summed E-state index contributed by atoms with van der Waals surface area (Å²) in [5.41, 5.74) is -0.422. The zero-order chi connectivity index (χ0) is 23.5. The predicted octanol–water partition coefficient (Wildman–Crippen LogP) is 1.17. The molecular weight excluding hydrogens is 424 g/mol. The molecule has 3 aromatic rings. The first-order chi connectivity index (χ1) is 15.8. The highest BCUT2D eigenvalue weighted by molar-refractivity contribution is 5.80. The summed E-state index contributed by atoms with van der Waals surface area (Å²) in [4.78, 5) is 51.1. The molecule has 0 spiro atoms. The van der Waals surface area contributed by atoms with Gasteiger partial charge in [-0.2, -0.15) is 0 Å². The van der Waals surface area contributed by atoms with Crippen molar-refractivity contribution in [1.29, 1.82) is 0 Å². The van der Waals surface area contributed by atoms with Crippen molar-refractivity contribution in [1.82, 2.24) is 29.4 Å². The number of aryl methyl sites for hydroxylation is 1. The lowest BCUT2D eigenvalue weighted by Gasteiger charge is -2.22. The van der Waals surface area contributed by atoms with Gasteiger partial charge in [-0.25, -0.2) is 13.9 Å². The first kappa shape index (κ1) is 22.8. The molecule has 2 heterocycles. The molecule has 1 aliphatic carbocycles. The second kappa shape index (κ2) is 9.60. The molecule has 0 aliphatic heterocycles. The molecule has 4 rings (SSSR count). The summed E-state index contributed by atoms with van der Waals surface area (Å²) in [6.07, 6.45) is 5.47. The average molecular weight is 455 g/mol. The number of fused-ring (bicyclic) bond motifs is 3. The van der Waals surface area contributed by atoms with Gasteiger partial charge in [-0.1, -0.05) is 31.4 Å². The van der Waals surface area contributed by atoms with Crippen molar-refractivity contribution >= 4 is 28.5 Å². The maximum absolute atomic E-state index is 13.2. The van der Waals surface area contributed by atoms with Crippen LogP contribution in [0.4, 0.5) is 0 Å². The molecule has 2 aromatic heterocycles. The number of carbonyl (C=O) groups is 2. The number of benzene rings is 1. The van der Waals surface area contributed by atoms with E-state index in [0.717, 1.165) is 30.4 Å². The molecule has 1 saturated carbocycles. The van der Waals surface area contributed by atoms with Gasteiger partial charge >= 0.3 is 5.69 Å². The van der Waals surface area contributed by atoms with Crippen LogP contribution in [0.3, 0.4) is 0 Å². The Morgan fingerprint density at radius 1 is 1.09 bits per heavy atom. The Hall–Kier alpha value is -3.43. The normalized spacial score (nSPS) is 14.8. The lowest BCUT2D eigenvalue weighted by atomic mass is 9.95. The Morgan fingerprint density at radius 3 is 2.55 bits per heavy atom. The number of aromatic nitrogens is 4. The molecule has 2 amide bonds. The molecule has 0 bridgehead atoms. The van der Waals surface area contributed by atoms with Crippen molar-refractivity contribution < 1.29 is 9.59 Å². The van der Waals surface area contributed by atoms with E-state index in [9.17, 15) is 19.2 Å². The zero-order valence-electron chi connectivity index (χ0n) is 19.0. The number of rotatable bonds is 7. The fourth-order valence-electron chi connectivity index (χ4n) is 4.44. The van der Waals surface area contributed by atoms with Gasteiger partial charge in [0.05, 0.1) is 10.9 Å². The summed E-state index contributed by atoms with van der Waals surface area (Å²) in [7, 11) is 0. The highest BCUT2D eigenvalue weighted by Gasteiger charge is 2.20. The number of carbonyl (C=O) groups excluding carboxylic acids is 2. The van der Waals surface area contributed by atoms with E-state index in [2.05, 4.69) is 15.7 Å². The lowest BCUT2D eigenvalue weighted by Crippen LogP contribution is -2.37. The third-order valence-electron chi connectivity index (χ3n) is 5.96. The molecule has 176 valence electrons. The van der Waals surface area contributed by atoms with E-state index >= 15 is 0 Å². The molecule has 2 N–H and O–H groups in total. The van der Waals surface area contributed by atoms with Crippen LogP contribution in [-0.2, 0) is 22.7 Å². The quantitative estimate of drug-likeness (QED) is 0.556. The summed E-state index contributed by atoms with van der Waals surface area (Å²) < 4.78 is 3.73. The standard InChI is InChI=1S/C23H30N6O4/c1-15(2)24-20(31)14-28-23(33)29-18-11-7-6-10-17(18)21(32)27(22(29)26-28)13-12-19(30)25-16-8-4-3-5-9-16/h6-7,10-11,15-16H,3-5,8-9,12-14H2,1-2H3,(H,24,31)(H,25,30). The number of para-hydroxylation sites is 1. The van der Waals surface area contributed by atoms with E-state index in [1.165, 1.54) is 15.4 Å². The van der Waals surface area contributed by atoms with Crippen LogP contribution in [0.5, 0.6) is 0 Å². The highest BCUT2D eigenvalue weighted by Crippen LogP contribution is 2.17. The number of amides is 2. The van der Waals surface area contributed by atoms with Gasteiger partial charge < -0.3 is 10.6 Å². The molecule has 10 nitrogen and oxygen atoms in total. The maximum Gasteiger partial charge on any atom is 0.352 e. The van der Waals surface area contributed by atoms with Crippen LogP contribution in [0.15, 0.2) is 33.9 Å². The SMILES string of the molecule is CC(C)NC(=O)Cn1nc2n(CCC(=O)NC3CCCCC3)c(=O)c3ccccc3n2c1=O. The Balaban J connectivity index is 1.68. The number of hydrogen-bond acceptors (Lipinski definition) is 5. The Labute approximate surface area is 190 Å². The van der Waals surface area contributed by atoms with E-state index in [0.29, 0.717) is 10.9 Å². The summed E-state index contributed by atoms with van der Waals surface area (Å²) in [6, 6.07) is 6.88. The Bertz CT molecular complexity index is 1300. The molecule has 1 fully saturated rings.